The van der Waals surface area contributed by atoms with Gasteiger partial charge in [-0.05, 0) is 47.9 Å². The van der Waals surface area contributed by atoms with E-state index in [0.717, 1.165) is 22.2 Å². The molecule has 0 aliphatic rings. The Morgan fingerprint density at radius 1 is 1.12 bits per heavy atom. The molecule has 4 aromatic rings. The van der Waals surface area contributed by atoms with Crippen molar-refractivity contribution in [2.24, 2.45) is 0 Å². The van der Waals surface area contributed by atoms with Gasteiger partial charge in [-0.2, -0.15) is 0 Å². The Kier molecular flexibility index (Phi) is 4.05. The number of hydrogen-bond donors (Lipinski definition) is 2. The highest BCUT2D eigenvalue weighted by atomic mass is 35.5. The quantitative estimate of drug-likeness (QED) is 0.499. The Bertz CT molecular complexity index is 1150. The third-order valence-electron chi connectivity index (χ3n) is 4.53. The Morgan fingerprint density at radius 2 is 1.92 bits per heavy atom. The Balaban J connectivity index is 1.97. The summed E-state index contributed by atoms with van der Waals surface area (Å²) in [5, 5.41) is 12.5. The zero-order chi connectivity index (χ0) is 18.3. The van der Waals surface area contributed by atoms with Crippen LogP contribution in [-0.4, -0.2) is 23.2 Å². The number of carbonyl (C=O) groups is 1. The minimum atomic E-state index is -0.434. The first-order chi connectivity index (χ1) is 12.6. The molecule has 1 heterocycles. The number of methoxy groups -OCH3 is 1. The average molecular weight is 366 g/mol. The molecule has 0 saturated carbocycles. The largest absolute Gasteiger partial charge is 0.507 e. The standard InChI is InChI=1S/C21H16ClNO3/c1-26-21(25)15-6-3-7-16-18(15)19-17(24)9-8-13(20(19)23-16)10-12-4-2-5-14(22)11-12/h2-9,11,23-24H,10H2,1H3. The van der Waals surface area contributed by atoms with E-state index < -0.39 is 5.97 Å². The van der Waals surface area contributed by atoms with E-state index in [1.807, 2.05) is 36.4 Å². The molecular weight excluding hydrogens is 350 g/mol. The van der Waals surface area contributed by atoms with Crippen LogP contribution in [0.5, 0.6) is 5.75 Å². The first-order valence-corrected chi connectivity index (χ1v) is 8.54. The van der Waals surface area contributed by atoms with E-state index in [0.29, 0.717) is 27.8 Å². The van der Waals surface area contributed by atoms with E-state index in [-0.39, 0.29) is 5.75 Å². The van der Waals surface area contributed by atoms with Crippen LogP contribution >= 0.6 is 11.6 Å². The lowest BCUT2D eigenvalue weighted by Gasteiger charge is -2.07. The highest BCUT2D eigenvalue weighted by Crippen LogP contribution is 2.37. The number of fused-ring (bicyclic) bond motifs is 3. The monoisotopic (exact) mass is 365 g/mol. The van der Waals surface area contributed by atoms with E-state index in [1.165, 1.54) is 7.11 Å². The van der Waals surface area contributed by atoms with Crippen molar-refractivity contribution in [3.8, 4) is 5.75 Å². The topological polar surface area (TPSA) is 62.3 Å². The molecule has 0 bridgehead atoms. The summed E-state index contributed by atoms with van der Waals surface area (Å²) >= 11 is 6.09. The summed E-state index contributed by atoms with van der Waals surface area (Å²) in [4.78, 5) is 15.5. The van der Waals surface area contributed by atoms with Crippen molar-refractivity contribution in [2.45, 2.75) is 6.42 Å². The number of aromatic hydroxyl groups is 1. The van der Waals surface area contributed by atoms with Crippen molar-refractivity contribution < 1.29 is 14.6 Å². The first kappa shape index (κ1) is 16.5. The molecule has 5 heteroatoms. The van der Waals surface area contributed by atoms with Gasteiger partial charge in [0.05, 0.1) is 23.6 Å². The highest BCUT2D eigenvalue weighted by Gasteiger charge is 2.19. The molecule has 0 amide bonds. The number of rotatable bonds is 3. The SMILES string of the molecule is COC(=O)c1cccc2[nH]c3c(Cc4cccc(Cl)c4)ccc(O)c3c12. The molecule has 0 aliphatic heterocycles. The molecule has 0 aliphatic carbocycles. The number of esters is 1. The van der Waals surface area contributed by atoms with Crippen LogP contribution in [0.3, 0.4) is 0 Å². The number of aromatic amines is 1. The number of halogens is 1. The number of H-pyrrole nitrogens is 1. The van der Waals surface area contributed by atoms with Crippen molar-refractivity contribution in [1.82, 2.24) is 4.98 Å². The second-order valence-electron chi connectivity index (χ2n) is 6.15. The zero-order valence-corrected chi connectivity index (χ0v) is 14.8. The Morgan fingerprint density at radius 3 is 2.69 bits per heavy atom. The van der Waals surface area contributed by atoms with E-state index >= 15 is 0 Å². The minimum absolute atomic E-state index is 0.123. The second-order valence-corrected chi connectivity index (χ2v) is 6.58. The van der Waals surface area contributed by atoms with Crippen LogP contribution in [0.15, 0.2) is 54.6 Å². The van der Waals surface area contributed by atoms with Gasteiger partial charge in [0, 0.05) is 15.9 Å². The number of aromatic nitrogens is 1. The molecule has 130 valence electrons. The summed E-state index contributed by atoms with van der Waals surface area (Å²) < 4.78 is 4.89. The van der Waals surface area contributed by atoms with Crippen LogP contribution in [0.4, 0.5) is 0 Å². The number of phenols is 1. The average Bonchev–Trinajstić information content (AvgIpc) is 3.04. The summed E-state index contributed by atoms with van der Waals surface area (Å²) in [5.74, 6) is -0.311. The highest BCUT2D eigenvalue weighted by molar-refractivity contribution is 6.30. The molecule has 0 atom stereocenters. The smallest absolute Gasteiger partial charge is 0.338 e. The fourth-order valence-electron chi connectivity index (χ4n) is 3.39. The van der Waals surface area contributed by atoms with Crippen LogP contribution in [0.2, 0.25) is 5.02 Å². The Labute approximate surface area is 155 Å². The lowest BCUT2D eigenvalue weighted by Crippen LogP contribution is -2.01. The van der Waals surface area contributed by atoms with Gasteiger partial charge in [-0.15, -0.1) is 0 Å². The Hall–Kier alpha value is -2.98. The van der Waals surface area contributed by atoms with Crippen LogP contribution in [0, 0.1) is 0 Å². The van der Waals surface area contributed by atoms with Gasteiger partial charge < -0.3 is 14.8 Å². The predicted octanol–water partition coefficient (Wildman–Crippen LogP) is 5.06. The number of benzene rings is 3. The second kappa shape index (κ2) is 6.39. The maximum atomic E-state index is 12.2. The molecule has 26 heavy (non-hydrogen) atoms. The van der Waals surface area contributed by atoms with Crippen molar-refractivity contribution in [3.63, 3.8) is 0 Å². The van der Waals surface area contributed by atoms with Gasteiger partial charge in [-0.1, -0.05) is 35.9 Å². The molecule has 0 radical (unpaired) electrons. The van der Waals surface area contributed by atoms with Crippen molar-refractivity contribution >= 4 is 39.4 Å². The van der Waals surface area contributed by atoms with E-state index in [4.69, 9.17) is 16.3 Å². The third-order valence-corrected chi connectivity index (χ3v) is 4.77. The lowest BCUT2D eigenvalue weighted by molar-refractivity contribution is 0.0603. The van der Waals surface area contributed by atoms with Gasteiger partial charge >= 0.3 is 5.97 Å². The van der Waals surface area contributed by atoms with Gasteiger partial charge in [0.1, 0.15) is 5.75 Å². The maximum Gasteiger partial charge on any atom is 0.338 e. The number of ether oxygens (including phenoxy) is 1. The summed E-state index contributed by atoms with van der Waals surface area (Å²) in [6, 6.07) is 16.6. The molecule has 2 N–H and O–H groups in total. The normalized spacial score (nSPS) is 11.2. The van der Waals surface area contributed by atoms with Gasteiger partial charge in [0.25, 0.3) is 0 Å². The summed E-state index contributed by atoms with van der Waals surface area (Å²) in [7, 11) is 1.35. The fourth-order valence-corrected chi connectivity index (χ4v) is 3.60. The zero-order valence-electron chi connectivity index (χ0n) is 14.0. The summed E-state index contributed by atoms with van der Waals surface area (Å²) in [6.07, 6.45) is 0.651. The van der Waals surface area contributed by atoms with Crippen molar-refractivity contribution in [3.05, 3.63) is 76.3 Å². The molecule has 4 nitrogen and oxygen atoms in total. The van der Waals surface area contributed by atoms with Gasteiger partial charge in [0.15, 0.2) is 0 Å². The van der Waals surface area contributed by atoms with Crippen LogP contribution in [0.1, 0.15) is 21.5 Å². The number of nitrogens with one attached hydrogen (secondary N) is 1. The molecular formula is C21H16ClNO3. The maximum absolute atomic E-state index is 12.2. The van der Waals surface area contributed by atoms with E-state index in [9.17, 15) is 9.90 Å². The third kappa shape index (κ3) is 2.68. The minimum Gasteiger partial charge on any atom is -0.507 e. The van der Waals surface area contributed by atoms with Crippen molar-refractivity contribution in [2.75, 3.05) is 7.11 Å². The molecule has 1 aromatic heterocycles. The molecule has 0 fully saturated rings. The van der Waals surface area contributed by atoms with Gasteiger partial charge in [-0.25, -0.2) is 4.79 Å². The lowest BCUT2D eigenvalue weighted by atomic mass is 10.00. The molecule has 3 aromatic carbocycles. The predicted molar refractivity (Wildman–Crippen MR) is 103 cm³/mol. The summed E-state index contributed by atoms with van der Waals surface area (Å²) in [5.41, 5.74) is 4.07. The first-order valence-electron chi connectivity index (χ1n) is 8.16. The van der Waals surface area contributed by atoms with Crippen LogP contribution in [0.25, 0.3) is 21.8 Å². The fraction of sp³-hybridized carbons (Fsp3) is 0.0952. The molecule has 0 saturated heterocycles. The summed E-state index contributed by atoms with van der Waals surface area (Å²) in [6.45, 7) is 0. The van der Waals surface area contributed by atoms with Crippen LogP contribution in [-0.2, 0) is 11.2 Å². The number of carbonyl (C=O) groups excluding carboxylic acids is 1. The van der Waals surface area contributed by atoms with Crippen molar-refractivity contribution in [1.29, 1.82) is 0 Å². The van der Waals surface area contributed by atoms with Gasteiger partial charge in [-0.3, -0.25) is 0 Å². The van der Waals surface area contributed by atoms with E-state index in [1.54, 1.807) is 18.2 Å². The molecule has 0 spiro atoms. The number of phenolic OH excluding ortho intramolecular Hbond substituents is 1. The molecule has 4 rings (SSSR count). The van der Waals surface area contributed by atoms with Crippen LogP contribution < -0.4 is 0 Å². The number of hydrogen-bond acceptors (Lipinski definition) is 3. The van der Waals surface area contributed by atoms with E-state index in [2.05, 4.69) is 4.98 Å². The molecule has 0 unspecified atom stereocenters. The van der Waals surface area contributed by atoms with Gasteiger partial charge in [0.2, 0.25) is 0 Å².